The van der Waals surface area contributed by atoms with E-state index >= 15 is 0 Å². The van der Waals surface area contributed by atoms with Crippen molar-refractivity contribution in [2.45, 2.75) is 19.8 Å². The van der Waals surface area contributed by atoms with Gasteiger partial charge in [-0.15, -0.1) is 0 Å². The van der Waals surface area contributed by atoms with Crippen LogP contribution in [0.4, 0.5) is 11.4 Å². The lowest BCUT2D eigenvalue weighted by Crippen LogP contribution is -2.50. The minimum Gasteiger partial charge on any atom is -0.339 e. The lowest BCUT2D eigenvalue weighted by atomic mass is 10.2. The number of nitro benzene ring substituents is 1. The van der Waals surface area contributed by atoms with Gasteiger partial charge in [-0.2, -0.15) is 0 Å². The summed E-state index contributed by atoms with van der Waals surface area (Å²) in [5, 5.41) is 13.3. The number of non-ortho nitro benzene ring substituents is 1. The van der Waals surface area contributed by atoms with Gasteiger partial charge in [0.2, 0.25) is 17.7 Å². The van der Waals surface area contributed by atoms with E-state index in [-0.39, 0.29) is 36.3 Å². The van der Waals surface area contributed by atoms with Gasteiger partial charge < -0.3 is 15.1 Å². The second-order valence-electron chi connectivity index (χ2n) is 5.74. The molecule has 1 aromatic carbocycles. The molecule has 25 heavy (non-hydrogen) atoms. The molecule has 1 saturated heterocycles. The zero-order valence-corrected chi connectivity index (χ0v) is 13.9. The van der Waals surface area contributed by atoms with E-state index in [4.69, 9.17) is 0 Å². The van der Waals surface area contributed by atoms with E-state index in [2.05, 4.69) is 5.32 Å². The van der Waals surface area contributed by atoms with Crippen molar-refractivity contribution in [2.75, 3.05) is 31.5 Å². The molecule has 1 aliphatic rings. The van der Waals surface area contributed by atoms with E-state index in [0.717, 1.165) is 0 Å². The minimum atomic E-state index is -0.542. The normalized spacial score (nSPS) is 14.1. The Bertz CT molecular complexity index is 683. The van der Waals surface area contributed by atoms with Crippen molar-refractivity contribution >= 4 is 29.1 Å². The Morgan fingerprint density at radius 3 is 2.36 bits per heavy atom. The highest BCUT2D eigenvalue weighted by molar-refractivity contribution is 5.93. The predicted octanol–water partition coefficient (Wildman–Crippen LogP) is 1.00. The summed E-state index contributed by atoms with van der Waals surface area (Å²) in [5.41, 5.74) is 0.207. The molecule has 1 heterocycles. The number of hydrogen-bond acceptors (Lipinski definition) is 5. The zero-order valence-electron chi connectivity index (χ0n) is 13.9. The van der Waals surface area contributed by atoms with Gasteiger partial charge in [0.1, 0.15) is 0 Å². The Morgan fingerprint density at radius 2 is 1.76 bits per heavy atom. The molecule has 0 unspecified atom stereocenters. The molecule has 9 nitrogen and oxygen atoms in total. The Balaban J connectivity index is 1.78. The monoisotopic (exact) mass is 348 g/mol. The first kappa shape index (κ1) is 18.4. The Kier molecular flexibility index (Phi) is 6.04. The van der Waals surface area contributed by atoms with E-state index in [1.54, 1.807) is 15.9 Å². The molecule has 0 spiro atoms. The van der Waals surface area contributed by atoms with Gasteiger partial charge >= 0.3 is 0 Å². The molecule has 0 atom stereocenters. The highest BCUT2D eigenvalue weighted by Gasteiger charge is 2.22. The molecule has 0 aliphatic carbocycles. The van der Waals surface area contributed by atoms with E-state index < -0.39 is 4.92 Å². The largest absolute Gasteiger partial charge is 0.339 e. The van der Waals surface area contributed by atoms with Crippen molar-refractivity contribution < 1.29 is 19.3 Å². The molecule has 0 bridgehead atoms. The van der Waals surface area contributed by atoms with Crippen LogP contribution < -0.4 is 5.32 Å². The number of amides is 3. The van der Waals surface area contributed by atoms with Crippen LogP contribution >= 0.6 is 0 Å². The summed E-state index contributed by atoms with van der Waals surface area (Å²) >= 11 is 0. The van der Waals surface area contributed by atoms with E-state index in [0.29, 0.717) is 31.9 Å². The predicted molar refractivity (Wildman–Crippen MR) is 89.8 cm³/mol. The molecule has 2 rings (SSSR count). The van der Waals surface area contributed by atoms with E-state index in [1.165, 1.54) is 25.1 Å². The summed E-state index contributed by atoms with van der Waals surface area (Å²) in [6.45, 7) is 3.42. The number of rotatable bonds is 5. The number of nitro groups is 1. The van der Waals surface area contributed by atoms with Crippen molar-refractivity contribution in [1.29, 1.82) is 0 Å². The number of carbonyl (C=O) groups is 3. The highest BCUT2D eigenvalue weighted by Crippen LogP contribution is 2.17. The van der Waals surface area contributed by atoms with Crippen molar-refractivity contribution in [3.05, 3.63) is 34.4 Å². The molecule has 1 aliphatic heterocycles. The van der Waals surface area contributed by atoms with Crippen molar-refractivity contribution in [3.63, 3.8) is 0 Å². The summed E-state index contributed by atoms with van der Waals surface area (Å²) < 4.78 is 0. The molecule has 134 valence electrons. The molecule has 3 amide bonds. The maximum atomic E-state index is 12.1. The molecule has 1 N–H and O–H groups in total. The van der Waals surface area contributed by atoms with E-state index in [1.807, 2.05) is 0 Å². The number of piperazine rings is 1. The Morgan fingerprint density at radius 1 is 1.12 bits per heavy atom. The van der Waals surface area contributed by atoms with Crippen LogP contribution in [0.15, 0.2) is 24.3 Å². The lowest BCUT2D eigenvalue weighted by Gasteiger charge is -2.34. The first-order chi connectivity index (χ1) is 11.9. The number of anilines is 1. The third-order valence-electron chi connectivity index (χ3n) is 3.98. The number of nitrogens with one attached hydrogen (secondary N) is 1. The van der Waals surface area contributed by atoms with Crippen molar-refractivity contribution in [2.24, 2.45) is 0 Å². The van der Waals surface area contributed by atoms with Gasteiger partial charge in [0, 0.05) is 63.8 Å². The first-order valence-corrected chi connectivity index (χ1v) is 7.94. The van der Waals surface area contributed by atoms with Crippen LogP contribution in [-0.4, -0.2) is 58.6 Å². The molecule has 1 aromatic rings. The molecule has 1 fully saturated rings. The number of carbonyl (C=O) groups excluding carboxylic acids is 3. The number of hydrogen-bond donors (Lipinski definition) is 1. The maximum absolute atomic E-state index is 12.1. The smallest absolute Gasteiger partial charge is 0.271 e. The fourth-order valence-corrected chi connectivity index (χ4v) is 2.57. The Labute approximate surface area is 144 Å². The molecular formula is C16H20N4O5. The average molecular weight is 348 g/mol. The Hall–Kier alpha value is -2.97. The van der Waals surface area contributed by atoms with Crippen LogP contribution in [-0.2, 0) is 14.4 Å². The third-order valence-corrected chi connectivity index (χ3v) is 3.98. The van der Waals surface area contributed by atoms with Crippen LogP contribution in [0.1, 0.15) is 19.8 Å². The zero-order chi connectivity index (χ0) is 18.4. The second kappa shape index (κ2) is 8.22. The average Bonchev–Trinajstić information content (AvgIpc) is 2.60. The number of nitrogens with zero attached hydrogens (tertiary/aromatic N) is 3. The van der Waals surface area contributed by atoms with Crippen LogP contribution in [0.3, 0.4) is 0 Å². The highest BCUT2D eigenvalue weighted by atomic mass is 16.6. The van der Waals surface area contributed by atoms with Crippen LogP contribution in [0.5, 0.6) is 0 Å². The molecule has 0 radical (unpaired) electrons. The second-order valence-corrected chi connectivity index (χ2v) is 5.74. The van der Waals surface area contributed by atoms with Gasteiger partial charge in [-0.3, -0.25) is 24.5 Å². The van der Waals surface area contributed by atoms with Gasteiger partial charge in [0.15, 0.2) is 0 Å². The van der Waals surface area contributed by atoms with Gasteiger partial charge in [-0.1, -0.05) is 6.07 Å². The quantitative estimate of drug-likeness (QED) is 0.630. The fourth-order valence-electron chi connectivity index (χ4n) is 2.57. The fraction of sp³-hybridized carbons (Fsp3) is 0.438. The van der Waals surface area contributed by atoms with Crippen LogP contribution in [0.25, 0.3) is 0 Å². The third kappa shape index (κ3) is 5.27. The molecule has 0 aromatic heterocycles. The van der Waals surface area contributed by atoms with Crippen molar-refractivity contribution in [1.82, 2.24) is 9.80 Å². The standard InChI is InChI=1S/C16H20N4O5/c1-12(21)18-7-9-19(10-8-18)16(23)6-5-15(22)17-13-3-2-4-14(11-13)20(24)25/h2-4,11H,5-10H2,1H3,(H,17,22). The van der Waals surface area contributed by atoms with Gasteiger partial charge in [0.05, 0.1) is 4.92 Å². The summed E-state index contributed by atoms with van der Waals surface area (Å²) in [6, 6.07) is 5.63. The minimum absolute atomic E-state index is 0.00551. The summed E-state index contributed by atoms with van der Waals surface area (Å²) in [5.74, 6) is -0.531. The summed E-state index contributed by atoms with van der Waals surface area (Å²) in [4.78, 5) is 48.8. The number of benzene rings is 1. The van der Waals surface area contributed by atoms with Crippen molar-refractivity contribution in [3.8, 4) is 0 Å². The summed E-state index contributed by atoms with van der Waals surface area (Å²) in [6.07, 6.45) is 0.0509. The van der Waals surface area contributed by atoms with Crippen LogP contribution in [0.2, 0.25) is 0 Å². The molecule has 0 saturated carbocycles. The van der Waals surface area contributed by atoms with Crippen LogP contribution in [0, 0.1) is 10.1 Å². The van der Waals surface area contributed by atoms with Gasteiger partial charge in [-0.25, -0.2) is 0 Å². The lowest BCUT2D eigenvalue weighted by molar-refractivity contribution is -0.384. The topological polar surface area (TPSA) is 113 Å². The molecular weight excluding hydrogens is 328 g/mol. The molecule has 9 heteroatoms. The first-order valence-electron chi connectivity index (χ1n) is 7.94. The summed E-state index contributed by atoms with van der Waals surface area (Å²) in [7, 11) is 0. The SMILES string of the molecule is CC(=O)N1CCN(C(=O)CCC(=O)Nc2cccc([N+](=O)[O-])c2)CC1. The van der Waals surface area contributed by atoms with E-state index in [9.17, 15) is 24.5 Å². The maximum Gasteiger partial charge on any atom is 0.271 e. The van der Waals surface area contributed by atoms with Gasteiger partial charge in [0.25, 0.3) is 5.69 Å². The van der Waals surface area contributed by atoms with Gasteiger partial charge in [-0.05, 0) is 6.07 Å².